The van der Waals surface area contributed by atoms with Crippen LogP contribution in [0.5, 0.6) is 11.5 Å². The van der Waals surface area contributed by atoms with Gasteiger partial charge in [-0.3, -0.25) is 0 Å². The van der Waals surface area contributed by atoms with Crippen LogP contribution in [0.4, 0.5) is 4.79 Å². The second-order valence-electron chi connectivity index (χ2n) is 9.99. The molecule has 0 heterocycles. The minimum atomic E-state index is -1.24. The molecule has 1 amide bonds. The van der Waals surface area contributed by atoms with E-state index in [4.69, 9.17) is 18.9 Å². The van der Waals surface area contributed by atoms with Gasteiger partial charge in [0.15, 0.2) is 0 Å². The van der Waals surface area contributed by atoms with E-state index in [0.717, 1.165) is 22.3 Å². The molecule has 0 spiro atoms. The number of hydrogen-bond donors (Lipinski definition) is 2. The van der Waals surface area contributed by atoms with Crippen LogP contribution in [0.3, 0.4) is 0 Å². The number of esters is 1. The average molecular weight is 582 g/mol. The van der Waals surface area contributed by atoms with Gasteiger partial charge in [-0.1, -0.05) is 66.7 Å². The highest BCUT2D eigenvalue weighted by atomic mass is 16.5. The van der Waals surface area contributed by atoms with Crippen LogP contribution in [0, 0.1) is 0 Å². The molecule has 0 radical (unpaired) electrons. The number of para-hydroxylation sites is 1. The SMILES string of the molecule is COC(=O)c1ccccc1OCc1cc(CC(NC(=O)OCC2c3ccccc3-c3ccccc32)C(=O)O)ccc1OC. The number of alkyl carbamates (subject to hydrolysis) is 1. The molecule has 0 aromatic heterocycles. The number of nitrogens with one attached hydrogen (secondary N) is 1. The van der Waals surface area contributed by atoms with Gasteiger partial charge < -0.3 is 29.4 Å². The van der Waals surface area contributed by atoms with E-state index >= 15 is 0 Å². The van der Waals surface area contributed by atoms with Crippen molar-refractivity contribution in [3.8, 4) is 22.6 Å². The first kappa shape index (κ1) is 29.2. The maximum Gasteiger partial charge on any atom is 0.407 e. The maximum absolute atomic E-state index is 12.8. The summed E-state index contributed by atoms with van der Waals surface area (Å²) in [6.45, 7) is 0.117. The molecule has 4 aromatic carbocycles. The van der Waals surface area contributed by atoms with Gasteiger partial charge in [0.25, 0.3) is 0 Å². The third kappa shape index (κ3) is 6.46. The number of carboxylic acids is 1. The lowest BCUT2D eigenvalue weighted by Crippen LogP contribution is -2.42. The monoisotopic (exact) mass is 581 g/mol. The molecule has 0 bridgehead atoms. The van der Waals surface area contributed by atoms with E-state index in [9.17, 15) is 19.5 Å². The highest BCUT2D eigenvalue weighted by Gasteiger charge is 2.30. The van der Waals surface area contributed by atoms with Gasteiger partial charge in [0.1, 0.15) is 36.3 Å². The molecular formula is C34H31NO8. The Labute approximate surface area is 249 Å². The molecule has 1 atom stereocenters. The van der Waals surface area contributed by atoms with Crippen LogP contribution in [0.15, 0.2) is 91.0 Å². The molecule has 220 valence electrons. The fourth-order valence-corrected chi connectivity index (χ4v) is 5.32. The van der Waals surface area contributed by atoms with Crippen molar-refractivity contribution in [1.82, 2.24) is 5.32 Å². The highest BCUT2D eigenvalue weighted by Crippen LogP contribution is 2.44. The third-order valence-electron chi connectivity index (χ3n) is 7.39. The molecule has 0 saturated carbocycles. The second-order valence-corrected chi connectivity index (χ2v) is 9.99. The van der Waals surface area contributed by atoms with Crippen LogP contribution in [0.2, 0.25) is 0 Å². The molecule has 1 aliphatic carbocycles. The summed E-state index contributed by atoms with van der Waals surface area (Å²) in [6, 6.07) is 26.6. The predicted octanol–water partition coefficient (Wildman–Crippen LogP) is 5.60. The van der Waals surface area contributed by atoms with Crippen LogP contribution < -0.4 is 14.8 Å². The number of carbonyl (C=O) groups is 3. The summed E-state index contributed by atoms with van der Waals surface area (Å²) in [5.41, 5.74) is 5.87. The van der Waals surface area contributed by atoms with Crippen LogP contribution in [-0.2, 0) is 27.3 Å². The van der Waals surface area contributed by atoms with E-state index < -0.39 is 24.1 Å². The zero-order valence-electron chi connectivity index (χ0n) is 23.7. The Kier molecular flexibility index (Phi) is 8.90. The molecule has 9 heteroatoms. The zero-order chi connectivity index (χ0) is 30.3. The van der Waals surface area contributed by atoms with Gasteiger partial charge in [0, 0.05) is 17.9 Å². The molecule has 0 saturated heterocycles. The normalized spacial score (nSPS) is 12.4. The van der Waals surface area contributed by atoms with E-state index in [-0.39, 0.29) is 31.1 Å². The Balaban J connectivity index is 1.25. The summed E-state index contributed by atoms with van der Waals surface area (Å²) < 4.78 is 21.7. The van der Waals surface area contributed by atoms with Gasteiger partial charge in [0.2, 0.25) is 0 Å². The van der Waals surface area contributed by atoms with Gasteiger partial charge in [-0.05, 0) is 52.1 Å². The van der Waals surface area contributed by atoms with E-state index in [1.807, 2.05) is 48.5 Å². The number of methoxy groups -OCH3 is 2. The fourth-order valence-electron chi connectivity index (χ4n) is 5.32. The summed E-state index contributed by atoms with van der Waals surface area (Å²) >= 11 is 0. The van der Waals surface area contributed by atoms with E-state index in [2.05, 4.69) is 5.32 Å². The molecule has 2 N–H and O–H groups in total. The van der Waals surface area contributed by atoms with Crippen LogP contribution in [0.25, 0.3) is 11.1 Å². The molecule has 5 rings (SSSR count). The van der Waals surface area contributed by atoms with Crippen LogP contribution in [-0.4, -0.2) is 50.0 Å². The van der Waals surface area contributed by atoms with Crippen molar-refractivity contribution >= 4 is 18.0 Å². The zero-order valence-corrected chi connectivity index (χ0v) is 23.7. The largest absolute Gasteiger partial charge is 0.496 e. The maximum atomic E-state index is 12.8. The molecule has 4 aromatic rings. The lowest BCUT2D eigenvalue weighted by atomic mass is 9.98. The number of ether oxygens (including phenoxy) is 4. The first-order valence-electron chi connectivity index (χ1n) is 13.7. The van der Waals surface area contributed by atoms with Crippen molar-refractivity contribution in [3.63, 3.8) is 0 Å². The quantitative estimate of drug-likeness (QED) is 0.220. The molecular weight excluding hydrogens is 550 g/mol. The molecule has 0 fully saturated rings. The van der Waals surface area contributed by atoms with Gasteiger partial charge in [-0.25, -0.2) is 14.4 Å². The summed E-state index contributed by atoms with van der Waals surface area (Å²) in [4.78, 5) is 37.0. The van der Waals surface area contributed by atoms with Crippen molar-refractivity contribution in [1.29, 1.82) is 0 Å². The first-order chi connectivity index (χ1) is 20.9. The summed E-state index contributed by atoms with van der Waals surface area (Å²) in [5.74, 6) is -1.01. The van der Waals surface area contributed by atoms with E-state index in [1.165, 1.54) is 14.2 Å². The summed E-state index contributed by atoms with van der Waals surface area (Å²) in [5, 5.41) is 12.4. The predicted molar refractivity (Wildman–Crippen MR) is 158 cm³/mol. The lowest BCUT2D eigenvalue weighted by molar-refractivity contribution is -0.139. The molecule has 0 aliphatic heterocycles. The van der Waals surface area contributed by atoms with Crippen molar-refractivity contribution in [2.24, 2.45) is 0 Å². The average Bonchev–Trinajstić information content (AvgIpc) is 3.35. The smallest absolute Gasteiger partial charge is 0.407 e. The number of hydrogen-bond acceptors (Lipinski definition) is 7. The number of benzene rings is 4. The van der Waals surface area contributed by atoms with E-state index in [0.29, 0.717) is 22.6 Å². The van der Waals surface area contributed by atoms with Gasteiger partial charge in [0.05, 0.1) is 14.2 Å². The molecule has 9 nitrogen and oxygen atoms in total. The Morgan fingerprint density at radius 2 is 1.49 bits per heavy atom. The molecule has 43 heavy (non-hydrogen) atoms. The summed E-state index contributed by atoms with van der Waals surface area (Å²) in [6.07, 6.45) is -0.819. The van der Waals surface area contributed by atoms with Crippen molar-refractivity contribution in [3.05, 3.63) is 119 Å². The van der Waals surface area contributed by atoms with Crippen molar-refractivity contribution in [2.75, 3.05) is 20.8 Å². The topological polar surface area (TPSA) is 120 Å². The number of carbonyl (C=O) groups excluding carboxylic acids is 2. The van der Waals surface area contributed by atoms with Gasteiger partial charge in [-0.2, -0.15) is 0 Å². The Hall–Kier alpha value is -5.31. The lowest BCUT2D eigenvalue weighted by Gasteiger charge is -2.18. The van der Waals surface area contributed by atoms with E-state index in [1.54, 1.807) is 42.5 Å². The fraction of sp³-hybridized carbons (Fsp3) is 0.206. The minimum Gasteiger partial charge on any atom is -0.496 e. The summed E-state index contributed by atoms with van der Waals surface area (Å²) in [7, 11) is 2.81. The second kappa shape index (κ2) is 13.1. The number of fused-ring (bicyclic) bond motifs is 3. The highest BCUT2D eigenvalue weighted by molar-refractivity contribution is 5.92. The Bertz CT molecular complexity index is 1600. The first-order valence-corrected chi connectivity index (χ1v) is 13.7. The van der Waals surface area contributed by atoms with Crippen LogP contribution in [0.1, 0.15) is 38.5 Å². The van der Waals surface area contributed by atoms with Gasteiger partial charge >= 0.3 is 18.0 Å². The number of carboxylic acid groups (broad SMARTS) is 1. The van der Waals surface area contributed by atoms with Crippen molar-refractivity contribution < 1.29 is 38.4 Å². The molecule has 1 unspecified atom stereocenters. The number of amides is 1. The Morgan fingerprint density at radius 1 is 0.837 bits per heavy atom. The van der Waals surface area contributed by atoms with Crippen LogP contribution >= 0.6 is 0 Å². The number of aliphatic carboxylic acids is 1. The number of rotatable bonds is 11. The van der Waals surface area contributed by atoms with Crippen molar-refractivity contribution in [2.45, 2.75) is 25.0 Å². The minimum absolute atomic E-state index is 0.00469. The third-order valence-corrected chi connectivity index (χ3v) is 7.39. The van der Waals surface area contributed by atoms with Gasteiger partial charge in [-0.15, -0.1) is 0 Å². The standard InChI is InChI=1S/C34H31NO8/c1-40-30-16-15-21(17-22(30)19-42-31-14-8-7-13-27(31)33(38)41-2)18-29(32(36)37)35-34(39)43-20-28-25-11-5-3-9-23(25)24-10-4-6-12-26(24)28/h3-17,28-29H,18-20H2,1-2H3,(H,35,39)(H,36,37). The molecule has 1 aliphatic rings. The Morgan fingerprint density at radius 3 is 2.14 bits per heavy atom.